The molecule has 0 amide bonds. The fraction of sp³-hybridized carbons (Fsp3) is 0.217. The van der Waals surface area contributed by atoms with E-state index in [1.807, 2.05) is 0 Å². The first-order chi connectivity index (χ1) is 11.5. The number of hydrogen-bond donors (Lipinski definition) is 0. The van der Waals surface area contributed by atoms with Gasteiger partial charge in [0, 0.05) is 0 Å². The third kappa shape index (κ3) is 3.22. The molecule has 122 valence electrons. The minimum absolute atomic E-state index is 0.733. The second-order valence-corrected chi connectivity index (χ2v) is 12.5. The molecule has 0 aliphatic rings. The molecule has 0 aliphatic carbocycles. The van der Waals surface area contributed by atoms with Gasteiger partial charge in [0.1, 0.15) is 0 Å². The van der Waals surface area contributed by atoms with E-state index in [1.165, 1.54) is 27.4 Å². The van der Waals surface area contributed by atoms with Crippen LogP contribution in [0.4, 0.5) is 0 Å². The van der Waals surface area contributed by atoms with Crippen molar-refractivity contribution in [3.8, 4) is 22.3 Å². The van der Waals surface area contributed by atoms with Crippen molar-refractivity contribution in [2.24, 2.45) is 0 Å². The van der Waals surface area contributed by atoms with E-state index < -0.39 is 8.07 Å². The summed E-state index contributed by atoms with van der Waals surface area (Å²) in [5.74, 6) is 0. The Morgan fingerprint density at radius 2 is 1.17 bits per heavy atom. The zero-order chi connectivity index (χ0) is 17.2. The molecule has 3 aromatic rings. The zero-order valence-corrected chi connectivity index (χ0v) is 16.1. The van der Waals surface area contributed by atoms with Gasteiger partial charge in [0.15, 0.2) is 0 Å². The Hall–Kier alpha value is -2.12. The van der Waals surface area contributed by atoms with Crippen molar-refractivity contribution in [3.05, 3.63) is 78.9 Å². The Morgan fingerprint density at radius 3 is 1.79 bits per heavy atom. The molecule has 0 heterocycles. The first-order valence-electron chi connectivity index (χ1n) is 8.75. The van der Waals surface area contributed by atoms with Crippen LogP contribution in [0.3, 0.4) is 0 Å². The van der Waals surface area contributed by atoms with Gasteiger partial charge in [0.2, 0.25) is 0 Å². The number of hydrogen-bond acceptors (Lipinski definition) is 0. The summed E-state index contributed by atoms with van der Waals surface area (Å²) in [5, 5.41) is 1.54. The summed E-state index contributed by atoms with van der Waals surface area (Å²) in [5.41, 5.74) is 5.96. The highest BCUT2D eigenvalue weighted by molar-refractivity contribution is 6.90. The molecule has 0 N–H and O–H groups in total. The van der Waals surface area contributed by atoms with Crippen LogP contribution in [-0.2, 0) is 0 Å². The molecule has 0 spiro atoms. The van der Waals surface area contributed by atoms with Gasteiger partial charge in [0.05, 0.1) is 8.07 Å². The van der Waals surface area contributed by atoms with Gasteiger partial charge in [-0.25, -0.2) is 0 Å². The second kappa shape index (κ2) is 6.78. The second-order valence-electron chi connectivity index (χ2n) is 7.37. The molecular weight excluding hydrogens is 304 g/mol. The predicted octanol–water partition coefficient (Wildman–Crippen LogP) is 6.35. The summed E-state index contributed by atoms with van der Waals surface area (Å²) < 4.78 is 0. The summed E-state index contributed by atoms with van der Waals surface area (Å²) in [4.78, 5) is 0. The summed E-state index contributed by atoms with van der Waals surface area (Å²) in [6.07, 6.45) is 0. The van der Waals surface area contributed by atoms with Crippen LogP contribution in [-0.4, -0.2) is 8.07 Å². The van der Waals surface area contributed by atoms with Gasteiger partial charge in [0.25, 0.3) is 0 Å². The van der Waals surface area contributed by atoms with E-state index in [0.29, 0.717) is 0 Å². The molecule has 0 fully saturated rings. The van der Waals surface area contributed by atoms with Crippen LogP contribution in [0.25, 0.3) is 22.3 Å². The van der Waals surface area contributed by atoms with Gasteiger partial charge < -0.3 is 0 Å². The average Bonchev–Trinajstić information content (AvgIpc) is 2.62. The van der Waals surface area contributed by atoms with Gasteiger partial charge in [-0.15, -0.1) is 0 Å². The first-order valence-corrected chi connectivity index (χ1v) is 11.8. The van der Waals surface area contributed by atoms with Crippen LogP contribution in [0.1, 0.15) is 13.8 Å². The molecule has 0 aliphatic heterocycles. The van der Waals surface area contributed by atoms with Crippen molar-refractivity contribution in [1.29, 1.82) is 0 Å². The molecule has 24 heavy (non-hydrogen) atoms. The zero-order valence-electron chi connectivity index (χ0n) is 15.1. The Bertz CT molecular complexity index is 816. The fourth-order valence-electron chi connectivity index (χ4n) is 3.03. The van der Waals surface area contributed by atoms with Gasteiger partial charge >= 0.3 is 0 Å². The van der Waals surface area contributed by atoms with E-state index in [9.17, 15) is 0 Å². The van der Waals surface area contributed by atoms with Gasteiger partial charge in [-0.05, 0) is 27.8 Å². The minimum Gasteiger partial charge on any atom is -0.0652 e. The lowest BCUT2D eigenvalue weighted by atomic mass is 9.95. The van der Waals surface area contributed by atoms with E-state index in [0.717, 1.165) is 5.54 Å². The third-order valence-corrected chi connectivity index (χ3v) is 10.1. The van der Waals surface area contributed by atoms with Crippen LogP contribution < -0.4 is 5.19 Å². The van der Waals surface area contributed by atoms with E-state index >= 15 is 0 Å². The van der Waals surface area contributed by atoms with Crippen molar-refractivity contribution in [1.82, 2.24) is 0 Å². The lowest BCUT2D eigenvalue weighted by Crippen LogP contribution is -2.44. The maximum Gasteiger partial charge on any atom is 0.0831 e. The first kappa shape index (κ1) is 16.7. The average molecular weight is 331 g/mol. The molecule has 0 atom stereocenters. The molecule has 0 aromatic heterocycles. The maximum absolute atomic E-state index is 2.47. The van der Waals surface area contributed by atoms with Crippen LogP contribution in [0.5, 0.6) is 0 Å². The van der Waals surface area contributed by atoms with Crippen molar-refractivity contribution in [3.63, 3.8) is 0 Å². The molecule has 0 radical (unpaired) electrons. The lowest BCUT2D eigenvalue weighted by molar-refractivity contribution is 1.02. The van der Waals surface area contributed by atoms with Crippen molar-refractivity contribution in [2.75, 3.05) is 0 Å². The van der Waals surface area contributed by atoms with Crippen LogP contribution in [0, 0.1) is 0 Å². The SMILES string of the molecule is CC(C)[Si](C)(C)c1cccc(-c2ccccc2-c2ccccc2)c1. The maximum atomic E-state index is 2.47. The van der Waals surface area contributed by atoms with Crippen molar-refractivity contribution >= 4 is 13.3 Å². The molecule has 0 unspecified atom stereocenters. The normalized spacial score (nSPS) is 11.7. The highest BCUT2D eigenvalue weighted by Crippen LogP contribution is 2.32. The van der Waals surface area contributed by atoms with Crippen LogP contribution >= 0.6 is 0 Å². The van der Waals surface area contributed by atoms with Crippen molar-refractivity contribution < 1.29 is 0 Å². The standard InChI is InChI=1S/C23H26Si/c1-18(2)24(3,4)21-14-10-13-20(17-21)23-16-9-8-15-22(23)19-11-6-5-7-12-19/h5-18H,1-4H3. The Kier molecular flexibility index (Phi) is 4.73. The third-order valence-electron chi connectivity index (χ3n) is 5.37. The quantitative estimate of drug-likeness (QED) is 0.489. The molecular formula is C23H26Si. The minimum atomic E-state index is -1.42. The van der Waals surface area contributed by atoms with E-state index in [2.05, 4.69) is 106 Å². The topological polar surface area (TPSA) is 0 Å². The highest BCUT2D eigenvalue weighted by Gasteiger charge is 2.27. The predicted molar refractivity (Wildman–Crippen MR) is 110 cm³/mol. The molecule has 0 bridgehead atoms. The molecule has 3 aromatic carbocycles. The summed E-state index contributed by atoms with van der Waals surface area (Å²) in [6, 6.07) is 28.6. The van der Waals surface area contributed by atoms with Gasteiger partial charge in [-0.1, -0.05) is 111 Å². The van der Waals surface area contributed by atoms with Gasteiger partial charge in [-0.3, -0.25) is 0 Å². The Labute approximate surface area is 147 Å². The Morgan fingerprint density at radius 1 is 0.625 bits per heavy atom. The molecule has 1 heteroatoms. The molecule has 3 rings (SSSR count). The van der Waals surface area contributed by atoms with E-state index in [1.54, 1.807) is 0 Å². The van der Waals surface area contributed by atoms with E-state index in [-0.39, 0.29) is 0 Å². The van der Waals surface area contributed by atoms with E-state index in [4.69, 9.17) is 0 Å². The number of benzene rings is 3. The monoisotopic (exact) mass is 330 g/mol. The molecule has 0 saturated heterocycles. The molecule has 0 nitrogen and oxygen atoms in total. The summed E-state index contributed by atoms with van der Waals surface area (Å²) >= 11 is 0. The highest BCUT2D eigenvalue weighted by atomic mass is 28.3. The Balaban J connectivity index is 2.12. The fourth-order valence-corrected chi connectivity index (χ4v) is 4.75. The smallest absolute Gasteiger partial charge is 0.0652 e. The lowest BCUT2D eigenvalue weighted by Gasteiger charge is -2.28. The molecule has 0 saturated carbocycles. The number of rotatable bonds is 4. The van der Waals surface area contributed by atoms with Crippen LogP contribution in [0.2, 0.25) is 18.6 Å². The summed E-state index contributed by atoms with van der Waals surface area (Å²) in [7, 11) is -1.42. The largest absolute Gasteiger partial charge is 0.0831 e. The van der Waals surface area contributed by atoms with Crippen molar-refractivity contribution in [2.45, 2.75) is 32.5 Å². The summed E-state index contributed by atoms with van der Waals surface area (Å²) in [6.45, 7) is 9.66. The van der Waals surface area contributed by atoms with Gasteiger partial charge in [-0.2, -0.15) is 0 Å². The van der Waals surface area contributed by atoms with Crippen LogP contribution in [0.15, 0.2) is 78.9 Å².